The fourth-order valence-electron chi connectivity index (χ4n) is 3.13. The molecule has 0 saturated carbocycles. The van der Waals surface area contributed by atoms with Crippen LogP contribution in [0.1, 0.15) is 38.5 Å². The number of amides is 1. The van der Waals surface area contributed by atoms with Crippen LogP contribution in [-0.4, -0.2) is 71.3 Å². The quantitative estimate of drug-likeness (QED) is 0.451. The number of hydrogen-bond donors (Lipinski definition) is 3. The Morgan fingerprint density at radius 2 is 2.06 bits per heavy atom. The van der Waals surface area contributed by atoms with Gasteiger partial charge in [0.2, 0.25) is 21.9 Å². The third-order valence-corrected chi connectivity index (χ3v) is 5.36. The number of rotatable bonds is 8. The highest BCUT2D eigenvalue weighted by Gasteiger charge is 2.31. The summed E-state index contributed by atoms with van der Waals surface area (Å²) >= 11 is 0. The first-order valence-electron chi connectivity index (χ1n) is 10.7. The van der Waals surface area contributed by atoms with Gasteiger partial charge < -0.3 is 15.4 Å². The molecule has 3 rings (SSSR count). The number of nitrogens with one attached hydrogen (secondary N) is 3. The zero-order chi connectivity index (χ0) is 25.8. The predicted octanol–water partition coefficient (Wildman–Crippen LogP) is 1.74. The maximum absolute atomic E-state index is 15.2. The summed E-state index contributed by atoms with van der Waals surface area (Å²) in [4.78, 5) is 23.9. The summed E-state index contributed by atoms with van der Waals surface area (Å²) in [5.74, 6) is -0.177. The Morgan fingerprint density at radius 1 is 1.31 bits per heavy atom. The molecular weight excluding hydrogens is 481 g/mol. The molecule has 190 valence electrons. The number of aromatic nitrogens is 4. The molecular formula is C20H28FN9O4S. The number of guanidine groups is 1. The SMILES string of the molecule is COC(=O)N[C@@H](C)CNc1nccc(-c2cn(C(C)C)nc2C2C=CN=C(NS(C)(=O)=O)N2F)n1. The second-order valence-electron chi connectivity index (χ2n) is 8.11. The lowest BCUT2D eigenvalue weighted by Crippen LogP contribution is -2.42. The minimum atomic E-state index is -3.75. The number of nitrogens with zero attached hydrogens (tertiary/aromatic N) is 6. The van der Waals surface area contributed by atoms with Crippen molar-refractivity contribution in [3.05, 3.63) is 36.4 Å². The molecule has 0 saturated heterocycles. The minimum absolute atomic E-state index is 0.0323. The van der Waals surface area contributed by atoms with Gasteiger partial charge in [-0.15, -0.1) is 0 Å². The number of aliphatic imine (C=N–C) groups is 1. The Morgan fingerprint density at radius 3 is 2.71 bits per heavy atom. The summed E-state index contributed by atoms with van der Waals surface area (Å²) in [7, 11) is -2.47. The highest BCUT2D eigenvalue weighted by atomic mass is 32.2. The first kappa shape index (κ1) is 25.9. The molecule has 0 fully saturated rings. The summed E-state index contributed by atoms with van der Waals surface area (Å²) in [5.41, 5.74) is 1.31. The number of anilines is 1. The molecule has 1 aliphatic rings. The van der Waals surface area contributed by atoms with E-state index in [2.05, 4.69) is 40.2 Å². The van der Waals surface area contributed by atoms with Gasteiger partial charge in [0, 0.05) is 42.8 Å². The van der Waals surface area contributed by atoms with E-state index in [1.165, 1.54) is 19.4 Å². The number of sulfonamides is 1. The van der Waals surface area contributed by atoms with E-state index in [0.717, 1.165) is 6.26 Å². The molecule has 0 aromatic carbocycles. The number of hydrogen-bond acceptors (Lipinski definition) is 10. The van der Waals surface area contributed by atoms with Crippen molar-refractivity contribution in [1.29, 1.82) is 0 Å². The average Bonchev–Trinajstić information content (AvgIpc) is 3.24. The number of carbonyl (C=O) groups excluding carboxylic acids is 1. The van der Waals surface area contributed by atoms with Gasteiger partial charge in [-0.3, -0.25) is 9.40 Å². The lowest BCUT2D eigenvalue weighted by atomic mass is 10.1. The molecule has 2 aromatic heterocycles. The minimum Gasteiger partial charge on any atom is -0.453 e. The van der Waals surface area contributed by atoms with Crippen LogP contribution < -0.4 is 15.4 Å². The summed E-state index contributed by atoms with van der Waals surface area (Å²) < 4.78 is 46.8. The van der Waals surface area contributed by atoms with Gasteiger partial charge in [0.1, 0.15) is 11.7 Å². The molecule has 3 heterocycles. The monoisotopic (exact) mass is 509 g/mol. The van der Waals surface area contributed by atoms with Gasteiger partial charge >= 0.3 is 6.09 Å². The van der Waals surface area contributed by atoms with E-state index in [1.807, 2.05) is 13.8 Å². The first-order chi connectivity index (χ1) is 16.5. The maximum atomic E-state index is 15.2. The zero-order valence-electron chi connectivity index (χ0n) is 19.9. The van der Waals surface area contributed by atoms with Crippen molar-refractivity contribution in [3.63, 3.8) is 0 Å². The highest BCUT2D eigenvalue weighted by molar-refractivity contribution is 7.89. The molecule has 1 amide bonds. The van der Waals surface area contributed by atoms with E-state index < -0.39 is 28.1 Å². The molecule has 2 aromatic rings. The molecule has 3 N–H and O–H groups in total. The summed E-state index contributed by atoms with van der Waals surface area (Å²) in [5, 5.41) is 10.4. The second-order valence-corrected chi connectivity index (χ2v) is 9.86. The second kappa shape index (κ2) is 10.7. The molecule has 35 heavy (non-hydrogen) atoms. The standard InChI is InChI=1S/C20H28FN9O4S/c1-12(2)29-11-14(15-6-8-22-18(26-15)24-10-13(3)25-20(31)34-4)17(27-29)16-7-9-23-19(30(16)21)28-35(5,32)33/h6-9,11-13,16H,10H2,1-5H3,(H,23,28)(H,25,31)(H,22,24,26)/t13-,16?/m0/s1. The zero-order valence-corrected chi connectivity index (χ0v) is 20.7. The molecule has 1 unspecified atom stereocenters. The Kier molecular flexibility index (Phi) is 7.89. The van der Waals surface area contributed by atoms with E-state index in [4.69, 9.17) is 0 Å². The number of alkyl carbamates (subject to hydrolysis) is 1. The Bertz CT molecular complexity index is 1230. The predicted molar refractivity (Wildman–Crippen MR) is 127 cm³/mol. The number of carbonyl (C=O) groups is 1. The smallest absolute Gasteiger partial charge is 0.407 e. The molecule has 1 aliphatic heterocycles. The Hall–Kier alpha value is -3.75. The lowest BCUT2D eigenvalue weighted by Gasteiger charge is -2.25. The van der Waals surface area contributed by atoms with Crippen LogP contribution in [0.15, 0.2) is 35.7 Å². The van der Waals surface area contributed by atoms with E-state index in [0.29, 0.717) is 29.4 Å². The summed E-state index contributed by atoms with van der Waals surface area (Å²) in [6.07, 6.45) is 6.42. The van der Waals surface area contributed by atoms with Crippen molar-refractivity contribution in [2.24, 2.45) is 4.99 Å². The van der Waals surface area contributed by atoms with Crippen molar-refractivity contribution in [3.8, 4) is 11.3 Å². The third kappa shape index (κ3) is 6.65. The molecule has 15 heteroatoms. The molecule has 0 spiro atoms. The molecule has 0 radical (unpaired) electrons. The van der Waals surface area contributed by atoms with Gasteiger partial charge in [0.05, 0.1) is 19.1 Å². The lowest BCUT2D eigenvalue weighted by molar-refractivity contribution is 0.0799. The van der Waals surface area contributed by atoms with Crippen LogP contribution in [0.4, 0.5) is 15.2 Å². The largest absolute Gasteiger partial charge is 0.453 e. The molecule has 0 aliphatic carbocycles. The van der Waals surface area contributed by atoms with Crippen molar-refractivity contribution in [2.75, 3.05) is 25.2 Å². The van der Waals surface area contributed by atoms with Crippen molar-refractivity contribution < 1.29 is 22.4 Å². The van der Waals surface area contributed by atoms with E-state index >= 15 is 4.48 Å². The van der Waals surface area contributed by atoms with Crippen LogP contribution in [0.3, 0.4) is 0 Å². The van der Waals surface area contributed by atoms with Crippen LogP contribution >= 0.6 is 0 Å². The van der Waals surface area contributed by atoms with Gasteiger partial charge in [-0.1, -0.05) is 4.48 Å². The average molecular weight is 510 g/mol. The molecule has 0 bridgehead atoms. The van der Waals surface area contributed by atoms with Gasteiger partial charge in [-0.25, -0.2) is 28.2 Å². The van der Waals surface area contributed by atoms with Crippen molar-refractivity contribution in [1.82, 2.24) is 34.9 Å². The third-order valence-electron chi connectivity index (χ3n) is 4.81. The number of halogens is 1. The Balaban J connectivity index is 1.90. The molecule has 2 atom stereocenters. The topological polar surface area (TPSA) is 156 Å². The first-order valence-corrected chi connectivity index (χ1v) is 12.6. The molecule has 13 nitrogen and oxygen atoms in total. The number of ether oxygens (including phenoxy) is 1. The van der Waals surface area contributed by atoms with Crippen LogP contribution in [0.2, 0.25) is 0 Å². The Labute approximate surface area is 202 Å². The van der Waals surface area contributed by atoms with Crippen LogP contribution in [-0.2, 0) is 14.8 Å². The van der Waals surface area contributed by atoms with E-state index in [1.54, 1.807) is 30.1 Å². The van der Waals surface area contributed by atoms with Crippen LogP contribution in [0, 0.1) is 0 Å². The number of methoxy groups -OCH3 is 1. The van der Waals surface area contributed by atoms with Gasteiger partial charge in [0.25, 0.3) is 0 Å². The van der Waals surface area contributed by atoms with Crippen molar-refractivity contribution >= 4 is 28.0 Å². The van der Waals surface area contributed by atoms with Crippen LogP contribution in [0.25, 0.3) is 11.3 Å². The fourth-order valence-corrected chi connectivity index (χ4v) is 3.60. The van der Waals surface area contributed by atoms with Crippen LogP contribution in [0.5, 0.6) is 0 Å². The van der Waals surface area contributed by atoms with Gasteiger partial charge in [-0.05, 0) is 32.9 Å². The van der Waals surface area contributed by atoms with Gasteiger partial charge in [0.15, 0.2) is 0 Å². The van der Waals surface area contributed by atoms with Crippen molar-refractivity contribution in [2.45, 2.75) is 38.9 Å². The fraction of sp³-hybridized carbons (Fsp3) is 0.450. The highest BCUT2D eigenvalue weighted by Crippen LogP contribution is 2.33. The van der Waals surface area contributed by atoms with E-state index in [9.17, 15) is 13.2 Å². The summed E-state index contributed by atoms with van der Waals surface area (Å²) in [6.45, 7) is 5.96. The maximum Gasteiger partial charge on any atom is 0.407 e. The van der Waals surface area contributed by atoms with Gasteiger partial charge in [-0.2, -0.15) is 10.2 Å². The van der Waals surface area contributed by atoms with E-state index in [-0.39, 0.29) is 17.2 Å². The summed E-state index contributed by atoms with van der Waals surface area (Å²) in [6, 6.07) is 0.310. The normalized spacial score (nSPS) is 16.6.